The van der Waals surface area contributed by atoms with Crippen molar-refractivity contribution in [3.05, 3.63) is 12.2 Å². The number of guanidine groups is 1. The Kier molecular flexibility index (Phi) is 5.89. The summed E-state index contributed by atoms with van der Waals surface area (Å²) >= 11 is 0. The molecule has 1 saturated carbocycles. The molecule has 4 nitrogen and oxygen atoms in total. The van der Waals surface area contributed by atoms with E-state index in [0.717, 1.165) is 25.1 Å². The highest BCUT2D eigenvalue weighted by Crippen LogP contribution is 2.25. The van der Waals surface area contributed by atoms with Crippen molar-refractivity contribution in [2.75, 3.05) is 13.2 Å². The summed E-state index contributed by atoms with van der Waals surface area (Å²) in [6.45, 7) is 7.58. The van der Waals surface area contributed by atoms with Crippen molar-refractivity contribution in [2.45, 2.75) is 64.0 Å². The van der Waals surface area contributed by atoms with Gasteiger partial charge in [0.1, 0.15) is 0 Å². The van der Waals surface area contributed by atoms with Crippen molar-refractivity contribution in [1.29, 1.82) is 0 Å². The van der Waals surface area contributed by atoms with Crippen molar-refractivity contribution >= 4 is 5.96 Å². The van der Waals surface area contributed by atoms with E-state index in [1.807, 2.05) is 6.92 Å². The van der Waals surface area contributed by atoms with Gasteiger partial charge in [-0.3, -0.25) is 4.99 Å². The van der Waals surface area contributed by atoms with Crippen molar-refractivity contribution in [3.63, 3.8) is 0 Å². The predicted molar refractivity (Wildman–Crippen MR) is 83.8 cm³/mol. The van der Waals surface area contributed by atoms with Gasteiger partial charge in [0.15, 0.2) is 5.96 Å². The van der Waals surface area contributed by atoms with E-state index in [0.29, 0.717) is 17.9 Å². The van der Waals surface area contributed by atoms with Crippen molar-refractivity contribution in [2.24, 2.45) is 16.6 Å². The van der Waals surface area contributed by atoms with E-state index in [-0.39, 0.29) is 6.10 Å². The number of nitrogens with zero attached hydrogens (tertiary/aromatic N) is 1. The molecule has 1 heterocycles. The third kappa shape index (κ3) is 4.51. The molecule has 114 valence electrons. The highest BCUT2D eigenvalue weighted by atomic mass is 16.5. The first kappa shape index (κ1) is 15.4. The molecule has 1 aliphatic carbocycles. The van der Waals surface area contributed by atoms with Gasteiger partial charge in [0.25, 0.3) is 0 Å². The molecule has 1 saturated heterocycles. The van der Waals surface area contributed by atoms with Crippen LogP contribution in [0.15, 0.2) is 17.1 Å². The zero-order valence-electron chi connectivity index (χ0n) is 12.7. The van der Waals surface area contributed by atoms with E-state index < -0.39 is 0 Å². The number of nitrogens with one attached hydrogen (secondary N) is 1. The van der Waals surface area contributed by atoms with Gasteiger partial charge in [-0.25, -0.2) is 0 Å². The van der Waals surface area contributed by atoms with Crippen LogP contribution in [0.2, 0.25) is 0 Å². The summed E-state index contributed by atoms with van der Waals surface area (Å²) in [5.74, 6) is 1.03. The number of hydrogen-bond acceptors (Lipinski definition) is 2. The molecule has 0 spiro atoms. The number of aliphatic imine (C=N–C) groups is 1. The summed E-state index contributed by atoms with van der Waals surface area (Å²) in [7, 11) is 0. The number of hydrogen-bond donors (Lipinski definition) is 2. The van der Waals surface area contributed by atoms with Crippen LogP contribution in [0.1, 0.15) is 51.9 Å². The molecule has 0 aromatic rings. The van der Waals surface area contributed by atoms with Gasteiger partial charge in [-0.1, -0.05) is 37.8 Å². The first-order chi connectivity index (χ1) is 9.66. The average Bonchev–Trinajstić information content (AvgIpc) is 2.75. The summed E-state index contributed by atoms with van der Waals surface area (Å²) in [5, 5.41) is 3.39. The molecule has 3 N–H and O–H groups in total. The molecule has 0 amide bonds. The molecule has 2 atom stereocenters. The van der Waals surface area contributed by atoms with Crippen LogP contribution < -0.4 is 11.1 Å². The molecule has 2 rings (SSSR count). The monoisotopic (exact) mass is 279 g/mol. The molecule has 0 aromatic carbocycles. The third-order valence-electron chi connectivity index (χ3n) is 4.40. The van der Waals surface area contributed by atoms with Crippen LogP contribution in [-0.4, -0.2) is 31.3 Å². The Bertz CT molecular complexity index is 346. The summed E-state index contributed by atoms with van der Waals surface area (Å²) in [4.78, 5) is 4.53. The zero-order chi connectivity index (χ0) is 14.4. The van der Waals surface area contributed by atoms with Crippen molar-refractivity contribution in [3.8, 4) is 0 Å². The highest BCUT2D eigenvalue weighted by Gasteiger charge is 2.28. The van der Waals surface area contributed by atoms with Gasteiger partial charge in [0, 0.05) is 25.1 Å². The fraction of sp³-hybridized carbons (Fsp3) is 0.812. The lowest BCUT2D eigenvalue weighted by Gasteiger charge is -2.19. The van der Waals surface area contributed by atoms with Crippen LogP contribution in [0.4, 0.5) is 0 Å². The smallest absolute Gasteiger partial charge is 0.188 e. The molecule has 0 bridgehead atoms. The Morgan fingerprint density at radius 1 is 1.25 bits per heavy atom. The molecular weight excluding hydrogens is 250 g/mol. The van der Waals surface area contributed by atoms with Crippen molar-refractivity contribution in [1.82, 2.24) is 5.32 Å². The number of ether oxygens (including phenoxy) is 1. The fourth-order valence-electron chi connectivity index (χ4n) is 3.26. The standard InChI is InChI=1S/C16H29N3O/c1-12(2)15-13(9-10-20-15)11-18-16(17)19-14-7-5-3-4-6-8-14/h13-15H,1,3-11H2,2H3,(H3,17,18,19). The molecule has 2 aliphatic rings. The summed E-state index contributed by atoms with van der Waals surface area (Å²) in [5.41, 5.74) is 7.13. The van der Waals surface area contributed by atoms with Crippen molar-refractivity contribution < 1.29 is 4.74 Å². The molecule has 20 heavy (non-hydrogen) atoms. The van der Waals surface area contributed by atoms with Gasteiger partial charge in [-0.05, 0) is 26.2 Å². The Morgan fingerprint density at radius 3 is 2.60 bits per heavy atom. The van der Waals surface area contributed by atoms with E-state index >= 15 is 0 Å². The Hall–Kier alpha value is -1.03. The fourth-order valence-corrected chi connectivity index (χ4v) is 3.26. The van der Waals surface area contributed by atoms with Gasteiger partial charge in [0.2, 0.25) is 0 Å². The topological polar surface area (TPSA) is 59.6 Å². The quantitative estimate of drug-likeness (QED) is 0.360. The van der Waals surface area contributed by atoms with Gasteiger partial charge in [-0.2, -0.15) is 0 Å². The first-order valence-electron chi connectivity index (χ1n) is 8.00. The molecule has 0 radical (unpaired) electrons. The maximum absolute atomic E-state index is 6.03. The van der Waals surface area contributed by atoms with E-state index in [9.17, 15) is 0 Å². The second-order valence-electron chi connectivity index (χ2n) is 6.25. The van der Waals surface area contributed by atoms with Crippen LogP contribution >= 0.6 is 0 Å². The molecule has 4 heteroatoms. The molecular formula is C16H29N3O. The van der Waals surface area contributed by atoms with E-state index in [4.69, 9.17) is 10.5 Å². The minimum atomic E-state index is 0.157. The normalized spacial score (nSPS) is 29.1. The van der Waals surface area contributed by atoms with E-state index in [2.05, 4.69) is 16.9 Å². The summed E-state index contributed by atoms with van der Waals surface area (Å²) in [6, 6.07) is 0.512. The highest BCUT2D eigenvalue weighted by molar-refractivity contribution is 5.78. The minimum absolute atomic E-state index is 0.157. The lowest BCUT2D eigenvalue weighted by molar-refractivity contribution is 0.120. The van der Waals surface area contributed by atoms with Crippen LogP contribution in [0.3, 0.4) is 0 Å². The Balaban J connectivity index is 1.79. The summed E-state index contributed by atoms with van der Waals surface area (Å²) in [6.07, 6.45) is 8.97. The maximum atomic E-state index is 6.03. The van der Waals surface area contributed by atoms with Gasteiger partial charge in [0.05, 0.1) is 6.10 Å². The maximum Gasteiger partial charge on any atom is 0.188 e. The lowest BCUT2D eigenvalue weighted by atomic mass is 9.97. The molecule has 0 aromatic heterocycles. The molecule has 1 aliphatic heterocycles. The van der Waals surface area contributed by atoms with Gasteiger partial charge < -0.3 is 15.8 Å². The van der Waals surface area contributed by atoms with Gasteiger partial charge >= 0.3 is 0 Å². The third-order valence-corrected chi connectivity index (χ3v) is 4.40. The average molecular weight is 279 g/mol. The number of rotatable bonds is 4. The van der Waals surface area contributed by atoms with Crippen LogP contribution in [0.25, 0.3) is 0 Å². The predicted octanol–water partition coefficient (Wildman–Crippen LogP) is 2.59. The van der Waals surface area contributed by atoms with Crippen LogP contribution in [0.5, 0.6) is 0 Å². The second kappa shape index (κ2) is 7.67. The minimum Gasteiger partial charge on any atom is -0.374 e. The SMILES string of the molecule is C=C(C)C1OCCC1CN=C(N)NC1CCCCCC1. The van der Waals surface area contributed by atoms with Gasteiger partial charge in [-0.15, -0.1) is 0 Å². The number of nitrogens with two attached hydrogens (primary N) is 1. The van der Waals surface area contributed by atoms with E-state index in [1.165, 1.54) is 38.5 Å². The molecule has 2 unspecified atom stereocenters. The Morgan fingerprint density at radius 2 is 1.95 bits per heavy atom. The lowest BCUT2D eigenvalue weighted by Crippen LogP contribution is -2.40. The summed E-state index contributed by atoms with van der Waals surface area (Å²) < 4.78 is 5.70. The zero-order valence-corrected chi connectivity index (χ0v) is 12.7. The first-order valence-corrected chi connectivity index (χ1v) is 8.00. The Labute approximate surface area is 122 Å². The van der Waals surface area contributed by atoms with Crippen LogP contribution in [-0.2, 0) is 4.74 Å². The second-order valence-corrected chi connectivity index (χ2v) is 6.25. The van der Waals surface area contributed by atoms with Crippen LogP contribution in [0, 0.1) is 5.92 Å². The molecule has 2 fully saturated rings. The van der Waals surface area contributed by atoms with E-state index in [1.54, 1.807) is 0 Å². The largest absolute Gasteiger partial charge is 0.374 e.